The molecule has 0 spiro atoms. The first-order valence-corrected chi connectivity index (χ1v) is 6.91. The van der Waals surface area contributed by atoms with Crippen LogP contribution in [0.5, 0.6) is 5.75 Å². The van der Waals surface area contributed by atoms with Crippen molar-refractivity contribution in [2.24, 2.45) is 0 Å². The molecule has 0 amide bonds. The molecule has 0 heterocycles. The average molecular weight is 340 g/mol. The van der Waals surface area contributed by atoms with Gasteiger partial charge in [-0.2, -0.15) is 0 Å². The first kappa shape index (κ1) is 14.8. The van der Waals surface area contributed by atoms with Crippen LogP contribution in [0.3, 0.4) is 0 Å². The summed E-state index contributed by atoms with van der Waals surface area (Å²) in [4.78, 5) is 0. The van der Waals surface area contributed by atoms with Crippen LogP contribution in [0, 0.1) is 5.82 Å². The van der Waals surface area contributed by atoms with Gasteiger partial charge in [0, 0.05) is 17.8 Å². The summed E-state index contributed by atoms with van der Waals surface area (Å²) in [6, 6.07) is 11.7. The van der Waals surface area contributed by atoms with Crippen LogP contribution in [0.15, 0.2) is 46.9 Å². The molecule has 0 aromatic heterocycles. The molecule has 2 N–H and O–H groups in total. The monoisotopic (exact) mass is 339 g/mol. The number of ether oxygens (including phenoxy) is 1. The second-order valence-corrected chi connectivity index (χ2v) is 5.12. The molecule has 1 unspecified atom stereocenters. The maximum absolute atomic E-state index is 13.5. The van der Waals surface area contributed by atoms with Crippen molar-refractivity contribution in [3.05, 3.63) is 58.3 Å². The Morgan fingerprint density at radius 1 is 1.30 bits per heavy atom. The fourth-order valence-corrected chi connectivity index (χ4v) is 2.39. The first-order chi connectivity index (χ1) is 9.61. The van der Waals surface area contributed by atoms with Crippen molar-refractivity contribution in [2.75, 3.05) is 19.0 Å². The van der Waals surface area contributed by atoms with Crippen LogP contribution in [0.2, 0.25) is 0 Å². The Labute approximate surface area is 125 Å². The summed E-state index contributed by atoms with van der Waals surface area (Å²) in [5, 5.41) is 13.1. The van der Waals surface area contributed by atoms with Crippen molar-refractivity contribution in [3.63, 3.8) is 0 Å². The van der Waals surface area contributed by atoms with E-state index in [0.29, 0.717) is 0 Å². The van der Waals surface area contributed by atoms with Gasteiger partial charge in [0.2, 0.25) is 0 Å². The van der Waals surface area contributed by atoms with Crippen LogP contribution < -0.4 is 10.1 Å². The van der Waals surface area contributed by atoms with Crippen LogP contribution in [0.25, 0.3) is 0 Å². The van der Waals surface area contributed by atoms with Crippen molar-refractivity contribution in [1.29, 1.82) is 0 Å². The molecule has 0 aliphatic heterocycles. The van der Waals surface area contributed by atoms with Gasteiger partial charge in [0.15, 0.2) is 0 Å². The van der Waals surface area contributed by atoms with E-state index in [1.807, 2.05) is 18.2 Å². The molecule has 5 heteroatoms. The minimum atomic E-state index is -0.905. The first-order valence-electron chi connectivity index (χ1n) is 6.11. The molecule has 2 aromatic carbocycles. The van der Waals surface area contributed by atoms with Gasteiger partial charge in [-0.05, 0) is 40.2 Å². The minimum Gasteiger partial charge on any atom is -0.496 e. The summed E-state index contributed by atoms with van der Waals surface area (Å²) >= 11 is 3.38. The minimum absolute atomic E-state index is 0.222. The third kappa shape index (κ3) is 3.49. The molecule has 0 bridgehead atoms. The van der Waals surface area contributed by atoms with E-state index in [9.17, 15) is 9.50 Å². The number of benzene rings is 2. The molecule has 3 nitrogen and oxygen atoms in total. The highest BCUT2D eigenvalue weighted by atomic mass is 79.9. The summed E-state index contributed by atoms with van der Waals surface area (Å²) in [6.07, 6.45) is -0.905. The standard InChI is InChI=1S/C15H15BrFNO2/c1-20-15-7-6-10(8-12(15)16)18-9-14(19)11-4-2-3-5-13(11)17/h2-8,14,18-19H,9H2,1H3. The van der Waals surface area contributed by atoms with E-state index in [-0.39, 0.29) is 12.1 Å². The molecule has 2 aromatic rings. The van der Waals surface area contributed by atoms with Gasteiger partial charge in [-0.1, -0.05) is 18.2 Å². The number of aliphatic hydroxyl groups is 1. The van der Waals surface area contributed by atoms with Gasteiger partial charge in [-0.25, -0.2) is 4.39 Å². The van der Waals surface area contributed by atoms with Crippen molar-refractivity contribution >= 4 is 21.6 Å². The maximum Gasteiger partial charge on any atom is 0.133 e. The molecule has 2 rings (SSSR count). The molecule has 1 atom stereocenters. The number of methoxy groups -OCH3 is 1. The number of rotatable bonds is 5. The smallest absolute Gasteiger partial charge is 0.133 e. The normalized spacial score (nSPS) is 12.0. The molecule has 106 valence electrons. The Morgan fingerprint density at radius 2 is 2.05 bits per heavy atom. The summed E-state index contributed by atoms with van der Waals surface area (Å²) < 4.78 is 19.5. The van der Waals surface area contributed by atoms with Gasteiger partial charge in [-0.3, -0.25) is 0 Å². The summed E-state index contributed by atoms with van der Waals surface area (Å²) in [7, 11) is 1.59. The van der Waals surface area contributed by atoms with Crippen LogP contribution in [0.4, 0.5) is 10.1 Å². The van der Waals surface area contributed by atoms with Gasteiger partial charge < -0.3 is 15.2 Å². The molecule has 0 radical (unpaired) electrons. The lowest BCUT2D eigenvalue weighted by atomic mass is 10.1. The predicted molar refractivity (Wildman–Crippen MR) is 80.5 cm³/mol. The third-order valence-electron chi connectivity index (χ3n) is 2.92. The molecule has 0 saturated carbocycles. The molecule has 0 saturated heterocycles. The molecule has 0 aliphatic carbocycles. The van der Waals surface area contributed by atoms with Crippen LogP contribution >= 0.6 is 15.9 Å². The van der Waals surface area contributed by atoms with Crippen LogP contribution in [0.1, 0.15) is 11.7 Å². The molecule has 20 heavy (non-hydrogen) atoms. The predicted octanol–water partition coefficient (Wildman–Crippen LogP) is 3.74. The highest BCUT2D eigenvalue weighted by Crippen LogP contribution is 2.28. The van der Waals surface area contributed by atoms with Crippen molar-refractivity contribution in [1.82, 2.24) is 0 Å². The van der Waals surface area contributed by atoms with Crippen molar-refractivity contribution in [3.8, 4) is 5.75 Å². The van der Waals surface area contributed by atoms with E-state index < -0.39 is 11.9 Å². The zero-order chi connectivity index (χ0) is 14.5. The lowest BCUT2D eigenvalue weighted by Gasteiger charge is -2.14. The Morgan fingerprint density at radius 3 is 2.70 bits per heavy atom. The summed E-state index contributed by atoms with van der Waals surface area (Å²) in [6.45, 7) is 0.222. The highest BCUT2D eigenvalue weighted by molar-refractivity contribution is 9.10. The lowest BCUT2D eigenvalue weighted by Crippen LogP contribution is -2.13. The van der Waals surface area contributed by atoms with Gasteiger partial charge in [-0.15, -0.1) is 0 Å². The molecule has 0 aliphatic rings. The number of nitrogens with one attached hydrogen (secondary N) is 1. The highest BCUT2D eigenvalue weighted by Gasteiger charge is 2.12. The van der Waals surface area contributed by atoms with E-state index in [1.165, 1.54) is 6.07 Å². The van der Waals surface area contributed by atoms with Gasteiger partial charge in [0.25, 0.3) is 0 Å². The zero-order valence-electron chi connectivity index (χ0n) is 10.9. The Kier molecular flexibility index (Phi) is 4.98. The fourth-order valence-electron chi connectivity index (χ4n) is 1.85. The molecular weight excluding hydrogens is 325 g/mol. The Hall–Kier alpha value is -1.59. The molecular formula is C15H15BrFNO2. The quantitative estimate of drug-likeness (QED) is 0.871. The number of halogens is 2. The fraction of sp³-hybridized carbons (Fsp3) is 0.200. The Bertz CT molecular complexity index is 592. The number of hydrogen-bond donors (Lipinski definition) is 2. The number of anilines is 1. The van der Waals surface area contributed by atoms with E-state index in [2.05, 4.69) is 21.2 Å². The van der Waals surface area contributed by atoms with Crippen molar-refractivity contribution in [2.45, 2.75) is 6.10 Å². The number of hydrogen-bond acceptors (Lipinski definition) is 3. The van der Waals surface area contributed by atoms with E-state index in [0.717, 1.165) is 15.9 Å². The zero-order valence-corrected chi connectivity index (χ0v) is 12.5. The Balaban J connectivity index is 2.02. The SMILES string of the molecule is COc1ccc(NCC(O)c2ccccc2F)cc1Br. The van der Waals surface area contributed by atoms with Gasteiger partial charge >= 0.3 is 0 Å². The van der Waals surface area contributed by atoms with Crippen LogP contribution in [-0.4, -0.2) is 18.8 Å². The second-order valence-electron chi connectivity index (χ2n) is 4.27. The van der Waals surface area contributed by atoms with Crippen LogP contribution in [-0.2, 0) is 0 Å². The largest absolute Gasteiger partial charge is 0.496 e. The van der Waals surface area contributed by atoms with E-state index in [1.54, 1.807) is 25.3 Å². The second kappa shape index (κ2) is 6.72. The van der Waals surface area contributed by atoms with Gasteiger partial charge in [0.05, 0.1) is 17.7 Å². The topological polar surface area (TPSA) is 41.5 Å². The van der Waals surface area contributed by atoms with Crippen molar-refractivity contribution < 1.29 is 14.2 Å². The van der Waals surface area contributed by atoms with E-state index >= 15 is 0 Å². The lowest BCUT2D eigenvalue weighted by molar-refractivity contribution is 0.186. The van der Waals surface area contributed by atoms with E-state index in [4.69, 9.17) is 4.74 Å². The summed E-state index contributed by atoms with van der Waals surface area (Å²) in [5.41, 5.74) is 1.10. The van der Waals surface area contributed by atoms with Gasteiger partial charge in [0.1, 0.15) is 11.6 Å². The maximum atomic E-state index is 13.5. The summed E-state index contributed by atoms with van der Waals surface area (Å²) in [5.74, 6) is 0.322. The average Bonchev–Trinajstić information content (AvgIpc) is 2.45. The third-order valence-corrected chi connectivity index (χ3v) is 3.54. The molecule has 0 fully saturated rings. The number of aliphatic hydroxyl groups excluding tert-OH is 1.